The van der Waals surface area contributed by atoms with Crippen LogP contribution in [0.25, 0.3) is 10.8 Å². The molecule has 0 aliphatic heterocycles. The van der Waals surface area contributed by atoms with Crippen molar-refractivity contribution in [1.82, 2.24) is 0 Å². The van der Waals surface area contributed by atoms with E-state index in [1.165, 1.54) is 10.9 Å². The summed E-state index contributed by atoms with van der Waals surface area (Å²) in [5.74, 6) is 0. The first-order valence-corrected chi connectivity index (χ1v) is 6.74. The van der Waals surface area contributed by atoms with E-state index in [2.05, 4.69) is 25.1 Å². The van der Waals surface area contributed by atoms with Crippen molar-refractivity contribution in [2.45, 2.75) is 39.8 Å². The maximum atomic E-state index is 10.4. The van der Waals surface area contributed by atoms with Gasteiger partial charge >= 0.3 is 0 Å². The molecule has 0 saturated carbocycles. The lowest BCUT2D eigenvalue weighted by Crippen LogP contribution is -2.37. The standard InChI is InChI=1S/C17H23NO.ClH/c1-11-9-10-14(13-8-6-5-7-12(11)13)15(18)16(19)17(2,3)4;/h5-10,15-16,19H,18H2,1-4H3;1H/t15-,16-;/m0./s1. The predicted molar refractivity (Wildman–Crippen MR) is 88.3 cm³/mol. The van der Waals surface area contributed by atoms with Gasteiger partial charge in [-0.25, -0.2) is 0 Å². The molecule has 2 nitrogen and oxygen atoms in total. The second-order valence-corrected chi connectivity index (χ2v) is 6.35. The van der Waals surface area contributed by atoms with Crippen molar-refractivity contribution in [2.75, 3.05) is 0 Å². The first kappa shape index (κ1) is 17.0. The number of rotatable bonds is 2. The second kappa shape index (κ2) is 6.13. The summed E-state index contributed by atoms with van der Waals surface area (Å²) in [6.45, 7) is 8.12. The van der Waals surface area contributed by atoms with Crippen LogP contribution in [0.15, 0.2) is 36.4 Å². The van der Waals surface area contributed by atoms with E-state index < -0.39 is 6.10 Å². The minimum absolute atomic E-state index is 0. The maximum absolute atomic E-state index is 10.4. The van der Waals surface area contributed by atoms with Gasteiger partial charge in [0.2, 0.25) is 0 Å². The highest BCUT2D eigenvalue weighted by atomic mass is 35.5. The Morgan fingerprint density at radius 1 is 1.00 bits per heavy atom. The van der Waals surface area contributed by atoms with Crippen molar-refractivity contribution in [3.8, 4) is 0 Å². The maximum Gasteiger partial charge on any atom is 0.0781 e. The van der Waals surface area contributed by atoms with Gasteiger partial charge < -0.3 is 10.8 Å². The molecule has 20 heavy (non-hydrogen) atoms. The molecule has 2 aromatic carbocycles. The molecule has 0 unspecified atom stereocenters. The van der Waals surface area contributed by atoms with Gasteiger partial charge in [-0.3, -0.25) is 0 Å². The van der Waals surface area contributed by atoms with Crippen molar-refractivity contribution >= 4 is 23.2 Å². The van der Waals surface area contributed by atoms with Crippen molar-refractivity contribution in [3.63, 3.8) is 0 Å². The quantitative estimate of drug-likeness (QED) is 0.880. The Labute approximate surface area is 127 Å². The Morgan fingerprint density at radius 2 is 1.55 bits per heavy atom. The number of nitrogens with two attached hydrogens (primary N) is 1. The molecule has 3 heteroatoms. The molecule has 0 aromatic heterocycles. The van der Waals surface area contributed by atoms with Gasteiger partial charge in [-0.1, -0.05) is 57.2 Å². The number of aliphatic hydroxyl groups is 1. The average Bonchev–Trinajstić information content (AvgIpc) is 2.37. The van der Waals surface area contributed by atoms with Crippen LogP contribution in [0.4, 0.5) is 0 Å². The molecule has 0 heterocycles. The molecule has 2 rings (SSSR count). The van der Waals surface area contributed by atoms with E-state index in [1.54, 1.807) is 0 Å². The Bertz CT molecular complexity index is 589. The fourth-order valence-electron chi connectivity index (χ4n) is 2.47. The van der Waals surface area contributed by atoms with E-state index in [0.717, 1.165) is 10.9 Å². The normalized spacial score (nSPS) is 14.7. The molecule has 2 atom stereocenters. The van der Waals surface area contributed by atoms with E-state index in [9.17, 15) is 5.11 Å². The number of fused-ring (bicyclic) bond motifs is 1. The SMILES string of the molecule is Cc1ccc([C@H](N)[C@H](O)C(C)(C)C)c2ccccc12.Cl. The van der Waals surface area contributed by atoms with Gasteiger partial charge in [0.15, 0.2) is 0 Å². The van der Waals surface area contributed by atoms with E-state index in [-0.39, 0.29) is 23.9 Å². The molecule has 0 bridgehead atoms. The molecule has 0 aliphatic carbocycles. The molecule has 3 N–H and O–H groups in total. The van der Waals surface area contributed by atoms with Gasteiger partial charge in [0.05, 0.1) is 12.1 Å². The molecular formula is C17H24ClNO. The topological polar surface area (TPSA) is 46.2 Å². The summed E-state index contributed by atoms with van der Waals surface area (Å²) in [6.07, 6.45) is -0.571. The fraction of sp³-hybridized carbons (Fsp3) is 0.412. The van der Waals surface area contributed by atoms with Crippen molar-refractivity contribution < 1.29 is 5.11 Å². The van der Waals surface area contributed by atoms with Crippen LogP contribution < -0.4 is 5.73 Å². The average molecular weight is 294 g/mol. The number of benzene rings is 2. The van der Waals surface area contributed by atoms with Crippen LogP contribution in [-0.4, -0.2) is 11.2 Å². The fourth-order valence-corrected chi connectivity index (χ4v) is 2.47. The van der Waals surface area contributed by atoms with Crippen molar-refractivity contribution in [3.05, 3.63) is 47.5 Å². The summed E-state index contributed by atoms with van der Waals surface area (Å²) < 4.78 is 0. The Kier molecular flexibility index (Phi) is 5.20. The summed E-state index contributed by atoms with van der Waals surface area (Å²) >= 11 is 0. The summed E-state index contributed by atoms with van der Waals surface area (Å²) in [5.41, 5.74) is 8.31. The third kappa shape index (κ3) is 3.14. The Balaban J connectivity index is 0.00000200. The van der Waals surface area contributed by atoms with Gasteiger partial charge in [0.1, 0.15) is 0 Å². The number of halogens is 1. The van der Waals surface area contributed by atoms with Crippen LogP contribution in [0.5, 0.6) is 0 Å². The number of hydrogen-bond acceptors (Lipinski definition) is 2. The van der Waals surface area contributed by atoms with Crippen LogP contribution in [0.1, 0.15) is 37.9 Å². The molecule has 0 spiro atoms. The number of aryl methyl sites for hydroxylation is 1. The third-order valence-corrected chi connectivity index (χ3v) is 3.76. The highest BCUT2D eigenvalue weighted by Gasteiger charge is 2.29. The summed E-state index contributed by atoms with van der Waals surface area (Å²) in [4.78, 5) is 0. The lowest BCUT2D eigenvalue weighted by molar-refractivity contribution is 0.0405. The second-order valence-electron chi connectivity index (χ2n) is 6.35. The van der Waals surface area contributed by atoms with Crippen LogP contribution in [0.2, 0.25) is 0 Å². The largest absolute Gasteiger partial charge is 0.391 e. The van der Waals surface area contributed by atoms with E-state index in [0.29, 0.717) is 0 Å². The lowest BCUT2D eigenvalue weighted by Gasteiger charge is -2.31. The van der Waals surface area contributed by atoms with Crippen LogP contribution in [0.3, 0.4) is 0 Å². The zero-order chi connectivity index (χ0) is 14.2. The van der Waals surface area contributed by atoms with E-state index >= 15 is 0 Å². The van der Waals surface area contributed by atoms with Crippen LogP contribution >= 0.6 is 12.4 Å². The van der Waals surface area contributed by atoms with Crippen molar-refractivity contribution in [2.24, 2.45) is 11.1 Å². The van der Waals surface area contributed by atoms with Gasteiger partial charge in [0.25, 0.3) is 0 Å². The molecule has 110 valence electrons. The number of aliphatic hydroxyl groups excluding tert-OH is 1. The lowest BCUT2D eigenvalue weighted by atomic mass is 9.81. The number of hydrogen-bond donors (Lipinski definition) is 2. The highest BCUT2D eigenvalue weighted by molar-refractivity contribution is 5.89. The van der Waals surface area contributed by atoms with E-state index in [4.69, 9.17) is 5.73 Å². The zero-order valence-corrected chi connectivity index (χ0v) is 13.4. The minimum atomic E-state index is -0.571. The minimum Gasteiger partial charge on any atom is -0.391 e. The summed E-state index contributed by atoms with van der Waals surface area (Å²) in [6, 6.07) is 12.0. The van der Waals surface area contributed by atoms with Crippen LogP contribution in [-0.2, 0) is 0 Å². The molecule has 0 saturated heterocycles. The molecular weight excluding hydrogens is 270 g/mol. The van der Waals surface area contributed by atoms with E-state index in [1.807, 2.05) is 39.0 Å². The highest BCUT2D eigenvalue weighted by Crippen LogP contribution is 2.33. The van der Waals surface area contributed by atoms with Gasteiger partial charge in [0, 0.05) is 0 Å². The molecule has 2 aromatic rings. The Hall–Kier alpha value is -1.09. The first-order chi connectivity index (χ1) is 8.82. The van der Waals surface area contributed by atoms with Gasteiger partial charge in [-0.05, 0) is 34.2 Å². The zero-order valence-electron chi connectivity index (χ0n) is 12.6. The summed E-state index contributed by atoms with van der Waals surface area (Å²) in [7, 11) is 0. The third-order valence-electron chi connectivity index (χ3n) is 3.76. The monoisotopic (exact) mass is 293 g/mol. The summed E-state index contributed by atoms with van der Waals surface area (Å²) in [5, 5.41) is 12.8. The smallest absolute Gasteiger partial charge is 0.0781 e. The molecule has 0 amide bonds. The predicted octanol–water partition coefficient (Wildman–Crippen LogP) is 3.98. The van der Waals surface area contributed by atoms with Gasteiger partial charge in [-0.2, -0.15) is 0 Å². The molecule has 0 aliphatic rings. The molecule has 0 radical (unpaired) electrons. The Morgan fingerprint density at radius 3 is 2.10 bits per heavy atom. The molecule has 0 fully saturated rings. The first-order valence-electron chi connectivity index (χ1n) is 6.74. The van der Waals surface area contributed by atoms with Gasteiger partial charge in [-0.15, -0.1) is 12.4 Å². The van der Waals surface area contributed by atoms with Crippen LogP contribution in [0, 0.1) is 12.3 Å². The van der Waals surface area contributed by atoms with Crippen molar-refractivity contribution in [1.29, 1.82) is 0 Å².